The highest BCUT2D eigenvalue weighted by Gasteiger charge is 2.12. The van der Waals surface area contributed by atoms with Gasteiger partial charge in [-0.25, -0.2) is 0 Å². The average molecular weight is 438 g/mol. The Bertz CT molecular complexity index is 840. The van der Waals surface area contributed by atoms with Crippen LogP contribution in [0.4, 0.5) is 11.4 Å². The van der Waals surface area contributed by atoms with Crippen LogP contribution in [0.15, 0.2) is 46.9 Å². The normalized spacial score (nSPS) is 10.3. The first-order valence-corrected chi connectivity index (χ1v) is 8.79. The van der Waals surface area contributed by atoms with Gasteiger partial charge in [0.05, 0.1) is 15.5 Å². The minimum atomic E-state index is -0.492. The van der Waals surface area contributed by atoms with Gasteiger partial charge in [-0.05, 0) is 72.3 Å². The molecule has 2 aromatic carbocycles. The summed E-state index contributed by atoms with van der Waals surface area (Å²) in [7, 11) is 0. The molecule has 0 bridgehead atoms. The highest BCUT2D eigenvalue weighted by atomic mass is 79.9. The molecule has 0 radical (unpaired) electrons. The number of carbonyl (C=O) groups is 1. The van der Waals surface area contributed by atoms with Crippen LogP contribution in [0.5, 0.6) is 5.75 Å². The number of hydrogen-bond donors (Lipinski definition) is 2. The van der Waals surface area contributed by atoms with Crippen molar-refractivity contribution in [3.63, 3.8) is 0 Å². The van der Waals surface area contributed by atoms with Crippen molar-refractivity contribution in [3.8, 4) is 5.75 Å². The van der Waals surface area contributed by atoms with Crippen LogP contribution in [0.3, 0.4) is 0 Å². The topological polar surface area (TPSA) is 93.5 Å². The van der Waals surface area contributed by atoms with E-state index in [0.717, 1.165) is 0 Å². The number of carbonyl (C=O) groups excluding carboxylic acids is 1. The first kappa shape index (κ1) is 19.8. The summed E-state index contributed by atoms with van der Waals surface area (Å²) in [5.41, 5.74) is 0.905. The van der Waals surface area contributed by atoms with E-state index in [2.05, 4.69) is 26.6 Å². The fourth-order valence-corrected chi connectivity index (χ4v) is 2.68. The highest BCUT2D eigenvalue weighted by molar-refractivity contribution is 9.10. The van der Waals surface area contributed by atoms with Crippen molar-refractivity contribution < 1.29 is 14.5 Å². The van der Waals surface area contributed by atoms with Gasteiger partial charge in [-0.1, -0.05) is 0 Å². The molecular weight excluding hydrogens is 422 g/mol. The molecule has 2 N–H and O–H groups in total. The molecule has 0 heterocycles. The van der Waals surface area contributed by atoms with Crippen molar-refractivity contribution in [1.29, 1.82) is 0 Å². The third-order valence-corrected chi connectivity index (χ3v) is 3.94. The lowest BCUT2D eigenvalue weighted by molar-refractivity contribution is -0.384. The van der Waals surface area contributed by atoms with Crippen molar-refractivity contribution in [3.05, 3.63) is 62.6 Å². The van der Waals surface area contributed by atoms with Gasteiger partial charge in [0, 0.05) is 23.4 Å². The molecule has 7 nitrogen and oxygen atoms in total. The molecule has 0 spiro atoms. The standard InChI is InChI=1S/C17H16BrN3O4S/c1-10(2)25-15-8-3-11(9-14(15)18)16(22)20-17(26)19-12-4-6-13(7-5-12)21(23)24/h3-10H,1-2H3,(H2,19,20,22,26). The number of nitro benzene ring substituents is 1. The van der Waals surface area contributed by atoms with Crippen LogP contribution < -0.4 is 15.4 Å². The molecule has 0 atom stereocenters. The molecule has 0 saturated carbocycles. The van der Waals surface area contributed by atoms with Gasteiger partial charge < -0.3 is 10.1 Å². The van der Waals surface area contributed by atoms with E-state index < -0.39 is 4.92 Å². The molecule has 0 aliphatic heterocycles. The van der Waals surface area contributed by atoms with Crippen LogP contribution in [-0.2, 0) is 0 Å². The first-order valence-electron chi connectivity index (χ1n) is 7.59. The van der Waals surface area contributed by atoms with E-state index in [1.54, 1.807) is 18.2 Å². The number of amides is 1. The second kappa shape index (κ2) is 8.72. The highest BCUT2D eigenvalue weighted by Crippen LogP contribution is 2.27. The predicted molar refractivity (Wildman–Crippen MR) is 107 cm³/mol. The minimum absolute atomic E-state index is 0.0180. The van der Waals surface area contributed by atoms with Gasteiger partial charge in [0.2, 0.25) is 0 Å². The number of nitrogens with one attached hydrogen (secondary N) is 2. The van der Waals surface area contributed by atoms with Crippen LogP contribution in [-0.4, -0.2) is 22.0 Å². The third-order valence-electron chi connectivity index (χ3n) is 3.12. The predicted octanol–water partition coefficient (Wildman–Crippen LogP) is 4.27. The summed E-state index contributed by atoms with van der Waals surface area (Å²) >= 11 is 8.47. The summed E-state index contributed by atoms with van der Waals surface area (Å²) in [6.07, 6.45) is 0.0180. The van der Waals surface area contributed by atoms with E-state index in [1.807, 2.05) is 13.8 Å². The Labute approximate surface area is 164 Å². The quantitative estimate of drug-likeness (QED) is 0.412. The molecular formula is C17H16BrN3O4S. The molecule has 1 amide bonds. The van der Waals surface area contributed by atoms with Gasteiger partial charge in [0.25, 0.3) is 11.6 Å². The largest absolute Gasteiger partial charge is 0.490 e. The Hall–Kier alpha value is -2.52. The van der Waals surface area contributed by atoms with Crippen molar-refractivity contribution in [1.82, 2.24) is 5.32 Å². The summed E-state index contributed by atoms with van der Waals surface area (Å²) in [6.45, 7) is 3.82. The molecule has 9 heteroatoms. The van der Waals surface area contributed by atoms with Crippen molar-refractivity contribution in [2.24, 2.45) is 0 Å². The van der Waals surface area contributed by atoms with E-state index in [9.17, 15) is 14.9 Å². The van der Waals surface area contributed by atoms with Gasteiger partial charge >= 0.3 is 0 Å². The maximum Gasteiger partial charge on any atom is 0.269 e. The number of ether oxygens (including phenoxy) is 1. The van der Waals surface area contributed by atoms with E-state index in [1.165, 1.54) is 24.3 Å². The third kappa shape index (κ3) is 5.50. The van der Waals surface area contributed by atoms with E-state index >= 15 is 0 Å². The molecule has 0 aliphatic carbocycles. The zero-order valence-corrected chi connectivity index (χ0v) is 16.4. The monoisotopic (exact) mass is 437 g/mol. The maximum atomic E-state index is 12.3. The van der Waals surface area contributed by atoms with Gasteiger partial charge in [-0.3, -0.25) is 20.2 Å². The van der Waals surface area contributed by atoms with Crippen LogP contribution in [0.1, 0.15) is 24.2 Å². The summed E-state index contributed by atoms with van der Waals surface area (Å²) in [5, 5.41) is 16.1. The van der Waals surface area contributed by atoms with Gasteiger partial charge in [-0.15, -0.1) is 0 Å². The number of non-ortho nitro benzene ring substituents is 1. The lowest BCUT2D eigenvalue weighted by Crippen LogP contribution is -2.34. The molecule has 2 aromatic rings. The second-order valence-corrected chi connectivity index (χ2v) is 6.79. The number of anilines is 1. The molecule has 26 heavy (non-hydrogen) atoms. The number of nitro groups is 1. The van der Waals surface area contributed by atoms with E-state index in [4.69, 9.17) is 17.0 Å². The van der Waals surface area contributed by atoms with Gasteiger partial charge in [0.1, 0.15) is 5.75 Å². The number of thiocarbonyl (C=S) groups is 1. The van der Waals surface area contributed by atoms with Crippen LogP contribution in [0, 0.1) is 10.1 Å². The lowest BCUT2D eigenvalue weighted by atomic mass is 10.2. The summed E-state index contributed by atoms with van der Waals surface area (Å²) in [6, 6.07) is 10.7. The Kier molecular flexibility index (Phi) is 6.64. The molecule has 0 aliphatic rings. The summed E-state index contributed by atoms with van der Waals surface area (Å²) in [4.78, 5) is 22.4. The summed E-state index contributed by atoms with van der Waals surface area (Å²) in [5.74, 6) is 0.254. The minimum Gasteiger partial charge on any atom is -0.490 e. The number of benzene rings is 2. The molecule has 0 fully saturated rings. The fraction of sp³-hybridized carbons (Fsp3) is 0.176. The van der Waals surface area contributed by atoms with Crippen molar-refractivity contribution in [2.75, 3.05) is 5.32 Å². The smallest absolute Gasteiger partial charge is 0.269 e. The van der Waals surface area contributed by atoms with E-state index in [-0.39, 0.29) is 22.8 Å². The molecule has 136 valence electrons. The molecule has 0 unspecified atom stereocenters. The molecule has 0 aromatic heterocycles. The Morgan fingerprint density at radius 3 is 2.42 bits per heavy atom. The first-order chi connectivity index (χ1) is 12.3. The van der Waals surface area contributed by atoms with Crippen LogP contribution in [0.25, 0.3) is 0 Å². The maximum absolute atomic E-state index is 12.3. The molecule has 2 rings (SSSR count). The Balaban J connectivity index is 1.99. The van der Waals surface area contributed by atoms with Crippen molar-refractivity contribution in [2.45, 2.75) is 20.0 Å². The lowest BCUT2D eigenvalue weighted by Gasteiger charge is -2.13. The zero-order valence-electron chi connectivity index (χ0n) is 14.0. The average Bonchev–Trinajstić information content (AvgIpc) is 2.56. The van der Waals surface area contributed by atoms with E-state index in [0.29, 0.717) is 21.5 Å². The fourth-order valence-electron chi connectivity index (χ4n) is 2.00. The number of rotatable bonds is 5. The van der Waals surface area contributed by atoms with Gasteiger partial charge in [0.15, 0.2) is 5.11 Å². The number of halogens is 1. The molecule has 0 saturated heterocycles. The van der Waals surface area contributed by atoms with Crippen molar-refractivity contribution >= 4 is 50.5 Å². The van der Waals surface area contributed by atoms with Gasteiger partial charge in [-0.2, -0.15) is 0 Å². The van der Waals surface area contributed by atoms with Crippen LogP contribution in [0.2, 0.25) is 0 Å². The number of nitrogens with zero attached hydrogens (tertiary/aromatic N) is 1. The summed E-state index contributed by atoms with van der Waals surface area (Å²) < 4.78 is 6.26. The SMILES string of the molecule is CC(C)Oc1ccc(C(=O)NC(=S)Nc2ccc([N+](=O)[O-])cc2)cc1Br. The van der Waals surface area contributed by atoms with Crippen LogP contribution >= 0.6 is 28.1 Å². The Morgan fingerprint density at radius 1 is 1.23 bits per heavy atom. The number of hydrogen-bond acceptors (Lipinski definition) is 5. The zero-order chi connectivity index (χ0) is 19.3. The second-order valence-electron chi connectivity index (χ2n) is 5.52. The Morgan fingerprint density at radius 2 is 1.88 bits per heavy atom.